The van der Waals surface area contributed by atoms with Crippen LogP contribution in [-0.2, 0) is 16.0 Å². The van der Waals surface area contributed by atoms with Crippen LogP contribution >= 0.6 is 0 Å². The number of ether oxygens (including phenoxy) is 1. The summed E-state index contributed by atoms with van der Waals surface area (Å²) in [5.74, 6) is 0.588. The summed E-state index contributed by atoms with van der Waals surface area (Å²) >= 11 is 0. The second-order valence-corrected chi connectivity index (χ2v) is 7.00. The number of nitrogens with zero attached hydrogens (tertiary/aromatic N) is 1. The summed E-state index contributed by atoms with van der Waals surface area (Å²) in [5, 5.41) is 3.07. The van der Waals surface area contributed by atoms with Gasteiger partial charge in [0.2, 0.25) is 5.91 Å². The fraction of sp³-hybridized carbons (Fsp3) is 0.632. The standard InChI is InChI=1S/C19H29N3O2/c20-12-17-6-7-18(24-17)19(23)21-13-16-9-11-22(14-16)10-8-15-4-2-1-3-5-15/h1-5,16-18H,6-14,20H2,(H,21,23)/t16?,17-,18+/m1/s1. The Balaban J connectivity index is 1.33. The zero-order valence-corrected chi connectivity index (χ0v) is 14.3. The molecular formula is C19H29N3O2. The molecule has 3 rings (SSSR count). The predicted molar refractivity (Wildman–Crippen MR) is 94.7 cm³/mol. The average molecular weight is 331 g/mol. The molecule has 1 aromatic carbocycles. The fourth-order valence-corrected chi connectivity index (χ4v) is 3.65. The number of hydrogen-bond donors (Lipinski definition) is 2. The highest BCUT2D eigenvalue weighted by molar-refractivity contribution is 5.81. The summed E-state index contributed by atoms with van der Waals surface area (Å²) in [6, 6.07) is 10.6. The first-order valence-electron chi connectivity index (χ1n) is 9.14. The van der Waals surface area contributed by atoms with E-state index in [4.69, 9.17) is 10.5 Å². The Morgan fingerprint density at radius 3 is 2.83 bits per heavy atom. The van der Waals surface area contributed by atoms with Crippen LogP contribution in [0.2, 0.25) is 0 Å². The molecule has 3 atom stereocenters. The Labute approximate surface area is 144 Å². The molecule has 2 saturated heterocycles. The number of carbonyl (C=O) groups excluding carboxylic acids is 1. The van der Waals surface area contributed by atoms with Crippen molar-refractivity contribution in [1.82, 2.24) is 10.2 Å². The topological polar surface area (TPSA) is 67.6 Å². The van der Waals surface area contributed by atoms with E-state index < -0.39 is 0 Å². The van der Waals surface area contributed by atoms with Crippen molar-refractivity contribution < 1.29 is 9.53 Å². The summed E-state index contributed by atoms with van der Waals surface area (Å²) in [5.41, 5.74) is 6.98. The van der Waals surface area contributed by atoms with Gasteiger partial charge in [0, 0.05) is 26.2 Å². The van der Waals surface area contributed by atoms with Crippen LogP contribution in [0, 0.1) is 5.92 Å². The molecule has 0 bridgehead atoms. The molecule has 2 aliphatic rings. The smallest absolute Gasteiger partial charge is 0.249 e. The third kappa shape index (κ3) is 4.79. The van der Waals surface area contributed by atoms with Crippen LogP contribution in [0.5, 0.6) is 0 Å². The lowest BCUT2D eigenvalue weighted by atomic mass is 10.1. The zero-order valence-electron chi connectivity index (χ0n) is 14.3. The van der Waals surface area contributed by atoms with Gasteiger partial charge in [-0.25, -0.2) is 0 Å². The van der Waals surface area contributed by atoms with Crippen molar-refractivity contribution in [3.63, 3.8) is 0 Å². The third-order valence-corrected chi connectivity index (χ3v) is 5.16. The van der Waals surface area contributed by atoms with Crippen LogP contribution in [0.15, 0.2) is 30.3 Å². The maximum Gasteiger partial charge on any atom is 0.249 e. The van der Waals surface area contributed by atoms with Gasteiger partial charge < -0.3 is 20.7 Å². The van der Waals surface area contributed by atoms with Crippen molar-refractivity contribution in [3.05, 3.63) is 35.9 Å². The number of nitrogens with two attached hydrogens (primary N) is 1. The molecule has 2 fully saturated rings. The van der Waals surface area contributed by atoms with Crippen molar-refractivity contribution in [2.45, 2.75) is 37.9 Å². The van der Waals surface area contributed by atoms with Gasteiger partial charge in [-0.2, -0.15) is 0 Å². The maximum absolute atomic E-state index is 12.2. The Morgan fingerprint density at radius 1 is 1.25 bits per heavy atom. The molecule has 0 aromatic heterocycles. The van der Waals surface area contributed by atoms with E-state index in [-0.39, 0.29) is 18.1 Å². The minimum absolute atomic E-state index is 0.0358. The molecule has 1 amide bonds. The summed E-state index contributed by atoms with van der Waals surface area (Å²) in [6.07, 6.45) is 3.70. The van der Waals surface area contributed by atoms with E-state index in [0.29, 0.717) is 12.5 Å². The Morgan fingerprint density at radius 2 is 2.08 bits per heavy atom. The van der Waals surface area contributed by atoms with E-state index in [9.17, 15) is 4.79 Å². The van der Waals surface area contributed by atoms with Gasteiger partial charge in [-0.1, -0.05) is 30.3 Å². The van der Waals surface area contributed by atoms with Crippen molar-refractivity contribution in [3.8, 4) is 0 Å². The van der Waals surface area contributed by atoms with Gasteiger partial charge in [0.15, 0.2) is 0 Å². The highest BCUT2D eigenvalue weighted by Gasteiger charge is 2.30. The minimum Gasteiger partial charge on any atom is -0.364 e. The summed E-state index contributed by atoms with van der Waals surface area (Å²) in [6.45, 7) is 4.56. The fourth-order valence-electron chi connectivity index (χ4n) is 3.65. The van der Waals surface area contributed by atoms with Gasteiger partial charge in [0.25, 0.3) is 0 Å². The monoisotopic (exact) mass is 331 g/mol. The Bertz CT molecular complexity index is 523. The van der Waals surface area contributed by atoms with Gasteiger partial charge in [0.1, 0.15) is 6.10 Å². The van der Waals surface area contributed by atoms with Crippen molar-refractivity contribution in [1.29, 1.82) is 0 Å². The molecule has 2 heterocycles. The molecule has 0 aliphatic carbocycles. The van der Waals surface area contributed by atoms with Crippen LogP contribution in [0.1, 0.15) is 24.8 Å². The van der Waals surface area contributed by atoms with E-state index in [2.05, 4.69) is 40.5 Å². The van der Waals surface area contributed by atoms with Crippen molar-refractivity contribution in [2.75, 3.05) is 32.7 Å². The van der Waals surface area contributed by atoms with E-state index in [0.717, 1.165) is 51.9 Å². The molecular weight excluding hydrogens is 302 g/mol. The predicted octanol–water partition coefficient (Wildman–Crippen LogP) is 1.17. The first-order valence-corrected chi connectivity index (χ1v) is 9.14. The normalized spacial score (nSPS) is 27.5. The molecule has 5 heteroatoms. The largest absolute Gasteiger partial charge is 0.364 e. The molecule has 1 unspecified atom stereocenters. The van der Waals surface area contributed by atoms with Crippen LogP contribution in [0.25, 0.3) is 0 Å². The van der Waals surface area contributed by atoms with E-state index >= 15 is 0 Å². The summed E-state index contributed by atoms with van der Waals surface area (Å²) in [4.78, 5) is 14.7. The Hall–Kier alpha value is -1.43. The number of nitrogens with one attached hydrogen (secondary N) is 1. The van der Waals surface area contributed by atoms with Gasteiger partial charge in [0.05, 0.1) is 6.10 Å². The number of hydrogen-bond acceptors (Lipinski definition) is 4. The van der Waals surface area contributed by atoms with Crippen molar-refractivity contribution >= 4 is 5.91 Å². The molecule has 132 valence electrons. The number of rotatable bonds is 7. The second kappa shape index (κ2) is 8.60. The van der Waals surface area contributed by atoms with Crippen molar-refractivity contribution in [2.24, 2.45) is 11.7 Å². The lowest BCUT2D eigenvalue weighted by Gasteiger charge is -2.17. The van der Waals surface area contributed by atoms with Crippen LogP contribution in [-0.4, -0.2) is 55.7 Å². The lowest BCUT2D eigenvalue weighted by molar-refractivity contribution is -0.132. The van der Waals surface area contributed by atoms with E-state index in [1.54, 1.807) is 0 Å². The molecule has 0 spiro atoms. The highest BCUT2D eigenvalue weighted by Crippen LogP contribution is 2.20. The zero-order chi connectivity index (χ0) is 16.8. The quantitative estimate of drug-likeness (QED) is 0.787. The summed E-state index contributed by atoms with van der Waals surface area (Å²) in [7, 11) is 0. The minimum atomic E-state index is -0.297. The van der Waals surface area contributed by atoms with Gasteiger partial charge in [-0.3, -0.25) is 4.79 Å². The highest BCUT2D eigenvalue weighted by atomic mass is 16.5. The lowest BCUT2D eigenvalue weighted by Crippen LogP contribution is -2.38. The van der Waals surface area contributed by atoms with E-state index in [1.807, 2.05) is 0 Å². The SMILES string of the molecule is NC[C@H]1CC[C@@H](C(=O)NCC2CCN(CCc3ccccc3)C2)O1. The maximum atomic E-state index is 12.2. The number of carbonyl (C=O) groups is 1. The van der Waals surface area contributed by atoms with Gasteiger partial charge in [-0.05, 0) is 43.7 Å². The molecule has 0 saturated carbocycles. The number of benzene rings is 1. The molecule has 0 radical (unpaired) electrons. The van der Waals surface area contributed by atoms with Crippen LogP contribution in [0.3, 0.4) is 0 Å². The number of likely N-dealkylation sites (tertiary alicyclic amines) is 1. The van der Waals surface area contributed by atoms with Gasteiger partial charge >= 0.3 is 0 Å². The third-order valence-electron chi connectivity index (χ3n) is 5.16. The van der Waals surface area contributed by atoms with E-state index in [1.165, 1.54) is 5.56 Å². The Kier molecular flexibility index (Phi) is 6.24. The van der Waals surface area contributed by atoms with Gasteiger partial charge in [-0.15, -0.1) is 0 Å². The summed E-state index contributed by atoms with van der Waals surface area (Å²) < 4.78 is 5.65. The molecule has 1 aromatic rings. The second-order valence-electron chi connectivity index (χ2n) is 7.00. The molecule has 24 heavy (non-hydrogen) atoms. The average Bonchev–Trinajstić information content (AvgIpc) is 3.28. The number of amides is 1. The molecule has 5 nitrogen and oxygen atoms in total. The first-order chi connectivity index (χ1) is 11.7. The first kappa shape index (κ1) is 17.4. The molecule has 3 N–H and O–H groups in total. The van der Waals surface area contributed by atoms with Crippen LogP contribution in [0.4, 0.5) is 0 Å². The van der Waals surface area contributed by atoms with Crippen LogP contribution < -0.4 is 11.1 Å². The molecule has 2 aliphatic heterocycles.